The van der Waals surface area contributed by atoms with Crippen molar-refractivity contribution < 1.29 is 27.5 Å². The van der Waals surface area contributed by atoms with E-state index in [2.05, 4.69) is 4.98 Å². The molecule has 1 aromatic carbocycles. The van der Waals surface area contributed by atoms with E-state index in [9.17, 15) is 22.8 Å². The van der Waals surface area contributed by atoms with E-state index in [0.717, 1.165) is 12.3 Å². The first-order valence-electron chi connectivity index (χ1n) is 10.0. The van der Waals surface area contributed by atoms with E-state index in [4.69, 9.17) is 4.74 Å². The monoisotopic (exact) mass is 435 g/mol. The minimum Gasteiger partial charge on any atom is -0.497 e. The maximum Gasteiger partial charge on any atom is 0.417 e. The third-order valence-electron chi connectivity index (χ3n) is 5.24. The van der Waals surface area contributed by atoms with Gasteiger partial charge in [-0.25, -0.2) is 4.98 Å². The number of amides is 1. The minimum atomic E-state index is -4.41. The van der Waals surface area contributed by atoms with Gasteiger partial charge in [0.2, 0.25) is 5.91 Å². The average Bonchev–Trinajstić information content (AvgIpc) is 2.78. The van der Waals surface area contributed by atoms with Gasteiger partial charge in [-0.15, -0.1) is 0 Å². The van der Waals surface area contributed by atoms with Crippen molar-refractivity contribution in [1.82, 2.24) is 9.88 Å². The molecular weight excluding hydrogens is 411 g/mol. The van der Waals surface area contributed by atoms with Gasteiger partial charge in [-0.05, 0) is 42.8 Å². The standard InChI is InChI=1S/C22H24F3N3O3/c1-31-18-8-5-16(6-9-18)19(29)3-2-4-21(30)28-13-11-27(12-14-28)20-10-7-17(15-26-20)22(23,24)25/h5-10,15H,2-4,11-14H2,1H3. The molecule has 0 atom stereocenters. The number of ether oxygens (including phenoxy) is 1. The van der Waals surface area contributed by atoms with Crippen LogP contribution < -0.4 is 9.64 Å². The fourth-order valence-electron chi connectivity index (χ4n) is 3.41. The lowest BCUT2D eigenvalue weighted by atomic mass is 10.0. The van der Waals surface area contributed by atoms with Gasteiger partial charge >= 0.3 is 6.18 Å². The van der Waals surface area contributed by atoms with Crippen LogP contribution in [-0.2, 0) is 11.0 Å². The molecule has 6 nitrogen and oxygen atoms in total. The summed E-state index contributed by atoms with van der Waals surface area (Å²) >= 11 is 0. The SMILES string of the molecule is COc1ccc(C(=O)CCCC(=O)N2CCN(c3ccc(C(F)(F)F)cn3)CC2)cc1. The van der Waals surface area contributed by atoms with E-state index < -0.39 is 11.7 Å². The zero-order valence-corrected chi connectivity index (χ0v) is 17.2. The minimum absolute atomic E-state index is 0.0198. The van der Waals surface area contributed by atoms with Crippen molar-refractivity contribution in [3.8, 4) is 5.75 Å². The summed E-state index contributed by atoms with van der Waals surface area (Å²) in [7, 11) is 1.56. The van der Waals surface area contributed by atoms with Crippen LogP contribution in [0.2, 0.25) is 0 Å². The molecule has 2 heterocycles. The second kappa shape index (κ2) is 9.80. The van der Waals surface area contributed by atoms with E-state index in [0.29, 0.717) is 49.7 Å². The Morgan fingerprint density at radius 3 is 2.23 bits per heavy atom. The van der Waals surface area contributed by atoms with Gasteiger partial charge in [0, 0.05) is 50.8 Å². The van der Waals surface area contributed by atoms with Crippen LogP contribution in [0.3, 0.4) is 0 Å². The molecule has 1 aliphatic rings. The molecule has 0 N–H and O–H groups in total. The third-order valence-corrected chi connectivity index (χ3v) is 5.24. The second-order valence-electron chi connectivity index (χ2n) is 7.28. The molecule has 1 aromatic heterocycles. The van der Waals surface area contributed by atoms with E-state index >= 15 is 0 Å². The number of hydrogen-bond acceptors (Lipinski definition) is 5. The highest BCUT2D eigenvalue weighted by Gasteiger charge is 2.31. The number of carbonyl (C=O) groups excluding carboxylic acids is 2. The Balaban J connectivity index is 1.42. The van der Waals surface area contributed by atoms with Crippen molar-refractivity contribution in [2.45, 2.75) is 25.4 Å². The number of rotatable bonds is 7. The second-order valence-corrected chi connectivity index (χ2v) is 7.28. The fraction of sp³-hybridized carbons (Fsp3) is 0.409. The number of Topliss-reactive ketones (excluding diaryl/α,β-unsaturated/α-hetero) is 1. The predicted octanol–water partition coefficient (Wildman–Crippen LogP) is 3.81. The summed E-state index contributed by atoms with van der Waals surface area (Å²) in [6.45, 7) is 1.92. The number of hydrogen-bond donors (Lipinski definition) is 0. The summed E-state index contributed by atoms with van der Waals surface area (Å²) < 4.78 is 43.0. The number of methoxy groups -OCH3 is 1. The van der Waals surface area contributed by atoms with Crippen molar-refractivity contribution >= 4 is 17.5 Å². The third kappa shape index (κ3) is 5.96. The molecule has 1 aliphatic heterocycles. The first kappa shape index (κ1) is 22.6. The van der Waals surface area contributed by atoms with Gasteiger partial charge in [-0.3, -0.25) is 9.59 Å². The van der Waals surface area contributed by atoms with Crippen LogP contribution in [-0.4, -0.2) is 54.9 Å². The molecule has 31 heavy (non-hydrogen) atoms. The number of alkyl halides is 3. The quantitative estimate of drug-likeness (QED) is 0.619. The first-order chi connectivity index (χ1) is 14.8. The lowest BCUT2D eigenvalue weighted by Crippen LogP contribution is -2.49. The fourth-order valence-corrected chi connectivity index (χ4v) is 3.41. The first-order valence-corrected chi connectivity index (χ1v) is 10.0. The Bertz CT molecular complexity index is 891. The summed E-state index contributed by atoms with van der Waals surface area (Å²) in [5, 5.41) is 0. The van der Waals surface area contributed by atoms with Gasteiger partial charge in [0.15, 0.2) is 5.78 Å². The Labute approximate surface area is 178 Å². The molecule has 1 fully saturated rings. The number of pyridine rings is 1. The molecular formula is C22H24F3N3O3. The molecule has 2 aromatic rings. The maximum atomic E-state index is 12.7. The summed E-state index contributed by atoms with van der Waals surface area (Å²) in [5.41, 5.74) is -0.194. The molecule has 0 radical (unpaired) electrons. The van der Waals surface area contributed by atoms with Gasteiger partial charge < -0.3 is 14.5 Å². The van der Waals surface area contributed by atoms with Crippen LogP contribution in [0.4, 0.5) is 19.0 Å². The topological polar surface area (TPSA) is 62.7 Å². The lowest BCUT2D eigenvalue weighted by molar-refractivity contribution is -0.138. The average molecular weight is 435 g/mol. The molecule has 1 saturated heterocycles. The van der Waals surface area contributed by atoms with Crippen LogP contribution in [0, 0.1) is 0 Å². The number of halogens is 3. The Morgan fingerprint density at radius 1 is 1.00 bits per heavy atom. The van der Waals surface area contributed by atoms with Gasteiger partial charge in [-0.2, -0.15) is 13.2 Å². The zero-order chi connectivity index (χ0) is 22.4. The number of nitrogens with zero attached hydrogens (tertiary/aromatic N) is 3. The van der Waals surface area contributed by atoms with E-state index in [-0.39, 0.29) is 24.5 Å². The number of aromatic nitrogens is 1. The zero-order valence-electron chi connectivity index (χ0n) is 17.2. The summed E-state index contributed by atoms with van der Waals surface area (Å²) in [6, 6.07) is 9.23. The van der Waals surface area contributed by atoms with Crippen molar-refractivity contribution in [1.29, 1.82) is 0 Å². The normalized spacial score (nSPS) is 14.5. The Hall–Kier alpha value is -3.10. The van der Waals surface area contributed by atoms with Gasteiger partial charge in [-0.1, -0.05) is 0 Å². The Morgan fingerprint density at radius 2 is 1.68 bits per heavy atom. The molecule has 3 rings (SSSR count). The van der Waals surface area contributed by atoms with Gasteiger partial charge in [0.25, 0.3) is 0 Å². The maximum absolute atomic E-state index is 12.7. The van der Waals surface area contributed by atoms with Crippen LogP contribution in [0.15, 0.2) is 42.6 Å². The van der Waals surface area contributed by atoms with Crippen LogP contribution in [0.25, 0.3) is 0 Å². The highest BCUT2D eigenvalue weighted by atomic mass is 19.4. The molecule has 166 valence electrons. The molecule has 9 heteroatoms. The molecule has 0 unspecified atom stereocenters. The van der Waals surface area contributed by atoms with Crippen LogP contribution in [0.5, 0.6) is 5.75 Å². The van der Waals surface area contributed by atoms with Crippen LogP contribution >= 0.6 is 0 Å². The van der Waals surface area contributed by atoms with Crippen molar-refractivity contribution in [2.24, 2.45) is 0 Å². The van der Waals surface area contributed by atoms with Crippen molar-refractivity contribution in [2.75, 3.05) is 38.2 Å². The van der Waals surface area contributed by atoms with E-state index in [1.165, 1.54) is 6.07 Å². The van der Waals surface area contributed by atoms with Crippen LogP contribution in [0.1, 0.15) is 35.2 Å². The molecule has 0 spiro atoms. The number of piperazine rings is 1. The highest BCUT2D eigenvalue weighted by molar-refractivity contribution is 5.96. The summed E-state index contributed by atoms with van der Waals surface area (Å²) in [6.07, 6.45) is -2.56. The van der Waals surface area contributed by atoms with E-state index in [1.807, 2.05) is 4.90 Å². The Kier molecular flexibility index (Phi) is 7.14. The van der Waals surface area contributed by atoms with Crippen molar-refractivity contribution in [3.05, 3.63) is 53.7 Å². The predicted molar refractivity (Wildman–Crippen MR) is 109 cm³/mol. The highest BCUT2D eigenvalue weighted by Crippen LogP contribution is 2.29. The number of benzene rings is 1. The number of carbonyl (C=O) groups is 2. The summed E-state index contributed by atoms with van der Waals surface area (Å²) in [5.74, 6) is 1.10. The molecule has 0 bridgehead atoms. The molecule has 0 aliphatic carbocycles. The number of anilines is 1. The van der Waals surface area contributed by atoms with Gasteiger partial charge in [0.1, 0.15) is 11.6 Å². The smallest absolute Gasteiger partial charge is 0.417 e. The summed E-state index contributed by atoms with van der Waals surface area (Å²) in [4.78, 5) is 32.2. The lowest BCUT2D eigenvalue weighted by Gasteiger charge is -2.35. The molecule has 0 saturated carbocycles. The van der Waals surface area contributed by atoms with E-state index in [1.54, 1.807) is 36.3 Å². The van der Waals surface area contributed by atoms with Crippen molar-refractivity contribution in [3.63, 3.8) is 0 Å². The number of ketones is 1. The molecule has 1 amide bonds. The van der Waals surface area contributed by atoms with Gasteiger partial charge in [0.05, 0.1) is 12.7 Å². The largest absolute Gasteiger partial charge is 0.497 e.